The maximum atomic E-state index is 6.26. The van der Waals surface area contributed by atoms with Crippen molar-refractivity contribution in [1.82, 2.24) is 9.80 Å². The molecule has 0 bridgehead atoms. The molecule has 3 aliphatic heterocycles. The number of hydrogen-bond donors (Lipinski definition) is 1. The molecule has 0 saturated carbocycles. The van der Waals surface area contributed by atoms with Gasteiger partial charge in [0.05, 0.1) is 18.8 Å². The second-order valence-electron chi connectivity index (χ2n) is 6.22. The topological polar surface area (TPSA) is 41.7 Å². The first-order chi connectivity index (χ1) is 8.78. The Labute approximate surface area is 110 Å². The summed E-state index contributed by atoms with van der Waals surface area (Å²) in [6.07, 6.45) is 5.33. The predicted octanol–water partition coefficient (Wildman–Crippen LogP) is 0.663. The maximum Gasteiger partial charge on any atom is 0.0620 e. The zero-order valence-corrected chi connectivity index (χ0v) is 11.6. The van der Waals surface area contributed by atoms with E-state index in [1.807, 2.05) is 0 Å². The van der Waals surface area contributed by atoms with Crippen molar-refractivity contribution < 1.29 is 4.74 Å². The molecule has 0 spiro atoms. The summed E-state index contributed by atoms with van der Waals surface area (Å²) in [7, 11) is 0. The Bertz CT molecular complexity index is 299. The zero-order chi connectivity index (χ0) is 12.6. The molecule has 0 aromatic carbocycles. The first-order valence-corrected chi connectivity index (χ1v) is 7.56. The minimum Gasteiger partial charge on any atom is -0.379 e. The van der Waals surface area contributed by atoms with Gasteiger partial charge in [0.25, 0.3) is 0 Å². The Morgan fingerprint density at radius 3 is 2.94 bits per heavy atom. The molecule has 3 fully saturated rings. The van der Waals surface area contributed by atoms with E-state index in [1.165, 1.54) is 38.8 Å². The van der Waals surface area contributed by atoms with Crippen molar-refractivity contribution in [3.63, 3.8) is 0 Å². The van der Waals surface area contributed by atoms with Gasteiger partial charge in [0.15, 0.2) is 0 Å². The number of ether oxygens (including phenoxy) is 1. The van der Waals surface area contributed by atoms with E-state index in [0.29, 0.717) is 12.1 Å². The van der Waals surface area contributed by atoms with Gasteiger partial charge in [0, 0.05) is 31.7 Å². The van der Waals surface area contributed by atoms with Crippen LogP contribution in [0.4, 0.5) is 0 Å². The van der Waals surface area contributed by atoms with Crippen molar-refractivity contribution in [1.29, 1.82) is 0 Å². The van der Waals surface area contributed by atoms with E-state index < -0.39 is 0 Å². The highest BCUT2D eigenvalue weighted by Crippen LogP contribution is 2.40. The van der Waals surface area contributed by atoms with Gasteiger partial charge in [0.1, 0.15) is 0 Å². The SMILES string of the molecule is CC1COCCN1C1(CN)CCN2CCCCC21. The molecule has 3 heterocycles. The monoisotopic (exact) mass is 253 g/mol. The molecule has 18 heavy (non-hydrogen) atoms. The van der Waals surface area contributed by atoms with Gasteiger partial charge in [-0.2, -0.15) is 0 Å². The Morgan fingerprint density at radius 1 is 1.28 bits per heavy atom. The van der Waals surface area contributed by atoms with Crippen LogP contribution in [-0.2, 0) is 4.74 Å². The smallest absolute Gasteiger partial charge is 0.0620 e. The third-order valence-electron chi connectivity index (χ3n) is 5.36. The highest BCUT2D eigenvalue weighted by atomic mass is 16.5. The summed E-state index contributed by atoms with van der Waals surface area (Å²) in [5, 5.41) is 0. The lowest BCUT2D eigenvalue weighted by molar-refractivity contribution is -0.0710. The number of nitrogens with zero attached hydrogens (tertiary/aromatic N) is 2. The summed E-state index contributed by atoms with van der Waals surface area (Å²) in [4.78, 5) is 5.37. The van der Waals surface area contributed by atoms with Gasteiger partial charge < -0.3 is 10.5 Å². The molecular weight excluding hydrogens is 226 g/mol. The fraction of sp³-hybridized carbons (Fsp3) is 1.00. The lowest BCUT2D eigenvalue weighted by Crippen LogP contribution is -2.66. The molecule has 4 nitrogen and oxygen atoms in total. The third-order valence-corrected chi connectivity index (χ3v) is 5.36. The minimum absolute atomic E-state index is 0.226. The van der Waals surface area contributed by atoms with Gasteiger partial charge in [-0.3, -0.25) is 9.80 Å². The van der Waals surface area contributed by atoms with Gasteiger partial charge in [-0.25, -0.2) is 0 Å². The molecule has 2 N–H and O–H groups in total. The molecule has 3 aliphatic rings. The standard InChI is InChI=1S/C14H27N3O/c1-12-10-18-9-8-17(12)14(11-15)5-7-16-6-3-2-4-13(14)16/h12-13H,2-11,15H2,1H3. The summed E-state index contributed by atoms with van der Waals surface area (Å²) in [5.41, 5.74) is 6.49. The van der Waals surface area contributed by atoms with Crippen molar-refractivity contribution in [3.8, 4) is 0 Å². The number of rotatable bonds is 2. The van der Waals surface area contributed by atoms with Crippen molar-refractivity contribution in [2.24, 2.45) is 5.73 Å². The van der Waals surface area contributed by atoms with E-state index in [4.69, 9.17) is 10.5 Å². The lowest BCUT2D eigenvalue weighted by atomic mass is 9.82. The normalized spacial score (nSPS) is 43.0. The van der Waals surface area contributed by atoms with Gasteiger partial charge in [-0.1, -0.05) is 6.42 Å². The predicted molar refractivity (Wildman–Crippen MR) is 72.6 cm³/mol. The van der Waals surface area contributed by atoms with Crippen molar-refractivity contribution >= 4 is 0 Å². The second kappa shape index (κ2) is 5.08. The van der Waals surface area contributed by atoms with Crippen LogP contribution in [0.25, 0.3) is 0 Å². The van der Waals surface area contributed by atoms with Crippen LogP contribution >= 0.6 is 0 Å². The van der Waals surface area contributed by atoms with E-state index in [0.717, 1.165) is 26.3 Å². The molecule has 0 aromatic rings. The molecule has 0 amide bonds. The van der Waals surface area contributed by atoms with E-state index in [1.54, 1.807) is 0 Å². The summed E-state index contributed by atoms with van der Waals surface area (Å²) in [6, 6.07) is 1.21. The number of hydrogen-bond acceptors (Lipinski definition) is 4. The number of fused-ring (bicyclic) bond motifs is 1. The minimum atomic E-state index is 0.226. The molecule has 104 valence electrons. The number of piperidine rings is 1. The lowest BCUT2D eigenvalue weighted by Gasteiger charge is -2.51. The zero-order valence-electron chi connectivity index (χ0n) is 11.6. The largest absolute Gasteiger partial charge is 0.379 e. The quantitative estimate of drug-likeness (QED) is 0.785. The molecule has 3 saturated heterocycles. The van der Waals surface area contributed by atoms with E-state index in [2.05, 4.69) is 16.7 Å². The molecular formula is C14H27N3O. The van der Waals surface area contributed by atoms with Crippen LogP contribution in [-0.4, -0.2) is 66.8 Å². The van der Waals surface area contributed by atoms with Crippen molar-refractivity contribution in [2.75, 3.05) is 39.4 Å². The Balaban J connectivity index is 1.84. The fourth-order valence-electron chi connectivity index (χ4n) is 4.45. The first kappa shape index (κ1) is 12.9. The van der Waals surface area contributed by atoms with Crippen LogP contribution in [0.3, 0.4) is 0 Å². The molecule has 3 rings (SSSR count). The summed E-state index contributed by atoms with van der Waals surface area (Å²) in [5.74, 6) is 0. The Hall–Kier alpha value is -0.160. The molecule has 0 aliphatic carbocycles. The molecule has 3 atom stereocenters. The highest BCUT2D eigenvalue weighted by Gasteiger charge is 2.52. The Kier molecular flexibility index (Phi) is 3.63. The summed E-state index contributed by atoms with van der Waals surface area (Å²) in [6.45, 7) is 8.42. The van der Waals surface area contributed by atoms with Gasteiger partial charge in [0.2, 0.25) is 0 Å². The van der Waals surface area contributed by atoms with Crippen LogP contribution in [0.2, 0.25) is 0 Å². The van der Waals surface area contributed by atoms with E-state index in [9.17, 15) is 0 Å². The maximum absolute atomic E-state index is 6.26. The summed E-state index contributed by atoms with van der Waals surface area (Å²) < 4.78 is 5.60. The van der Waals surface area contributed by atoms with Crippen molar-refractivity contribution in [2.45, 2.75) is 50.2 Å². The Morgan fingerprint density at radius 2 is 2.17 bits per heavy atom. The van der Waals surface area contributed by atoms with Crippen LogP contribution in [0.1, 0.15) is 32.6 Å². The molecule has 3 unspecified atom stereocenters. The molecule has 4 heteroatoms. The van der Waals surface area contributed by atoms with E-state index in [-0.39, 0.29) is 5.54 Å². The molecule has 0 aromatic heterocycles. The molecule has 0 radical (unpaired) electrons. The van der Waals surface area contributed by atoms with Gasteiger partial charge in [-0.15, -0.1) is 0 Å². The average molecular weight is 253 g/mol. The summed E-state index contributed by atoms with van der Waals surface area (Å²) >= 11 is 0. The second-order valence-corrected chi connectivity index (χ2v) is 6.22. The number of nitrogens with two attached hydrogens (primary N) is 1. The van der Waals surface area contributed by atoms with E-state index >= 15 is 0 Å². The van der Waals surface area contributed by atoms with Crippen LogP contribution in [0, 0.1) is 0 Å². The van der Waals surface area contributed by atoms with Gasteiger partial charge in [-0.05, 0) is 32.7 Å². The van der Waals surface area contributed by atoms with Crippen LogP contribution in [0.5, 0.6) is 0 Å². The number of morpholine rings is 1. The average Bonchev–Trinajstić information content (AvgIpc) is 2.79. The van der Waals surface area contributed by atoms with Gasteiger partial charge >= 0.3 is 0 Å². The first-order valence-electron chi connectivity index (χ1n) is 7.56. The third kappa shape index (κ3) is 1.90. The van der Waals surface area contributed by atoms with Crippen molar-refractivity contribution in [3.05, 3.63) is 0 Å². The van der Waals surface area contributed by atoms with Crippen LogP contribution < -0.4 is 5.73 Å². The van der Waals surface area contributed by atoms with Crippen LogP contribution in [0.15, 0.2) is 0 Å². The fourth-order valence-corrected chi connectivity index (χ4v) is 4.45. The highest BCUT2D eigenvalue weighted by molar-refractivity contribution is 5.10.